The van der Waals surface area contributed by atoms with Crippen molar-refractivity contribution in [2.45, 2.75) is 23.5 Å². The van der Waals surface area contributed by atoms with Gasteiger partial charge in [-0.05, 0) is 30.7 Å². The smallest absolute Gasteiger partial charge is 0.228 e. The molecule has 1 aliphatic heterocycles. The molecule has 23 heavy (non-hydrogen) atoms. The summed E-state index contributed by atoms with van der Waals surface area (Å²) in [5, 5.41) is 0.637. The largest absolute Gasteiger partial charge is 0.304 e. The van der Waals surface area contributed by atoms with Gasteiger partial charge in [-0.1, -0.05) is 41.9 Å². The van der Waals surface area contributed by atoms with Crippen molar-refractivity contribution >= 4 is 40.7 Å². The van der Waals surface area contributed by atoms with Gasteiger partial charge in [-0.3, -0.25) is 9.59 Å². The van der Waals surface area contributed by atoms with Gasteiger partial charge in [-0.2, -0.15) is 0 Å². The van der Waals surface area contributed by atoms with E-state index in [0.29, 0.717) is 11.4 Å². The van der Waals surface area contributed by atoms with Crippen molar-refractivity contribution in [2.75, 3.05) is 11.4 Å². The third-order valence-corrected chi connectivity index (χ3v) is 5.23. The number of Topliss-reactive ketones (excluding diaryl/α,β-unsaturated/α-hetero) is 1. The fraction of sp³-hybridized carbons (Fsp3) is 0.222. The highest BCUT2D eigenvalue weighted by molar-refractivity contribution is 7.99. The molecule has 0 saturated carbocycles. The molecule has 1 heterocycles. The molecule has 3 rings (SSSR count). The van der Waals surface area contributed by atoms with Gasteiger partial charge in [0, 0.05) is 21.6 Å². The van der Waals surface area contributed by atoms with Crippen molar-refractivity contribution in [2.24, 2.45) is 0 Å². The lowest BCUT2D eigenvalue weighted by Crippen LogP contribution is -2.34. The van der Waals surface area contributed by atoms with Crippen molar-refractivity contribution in [3.05, 3.63) is 59.1 Å². The number of thioether (sulfide) groups is 1. The summed E-state index contributed by atoms with van der Waals surface area (Å²) < 4.78 is 0. The second-order valence-electron chi connectivity index (χ2n) is 5.52. The lowest BCUT2D eigenvalue weighted by Gasteiger charge is -2.21. The van der Waals surface area contributed by atoms with Crippen LogP contribution < -0.4 is 4.90 Å². The number of halogens is 1. The third kappa shape index (κ3) is 3.59. The van der Waals surface area contributed by atoms with Crippen LogP contribution in [0.2, 0.25) is 5.02 Å². The Morgan fingerprint density at radius 1 is 1.26 bits per heavy atom. The fourth-order valence-corrected chi connectivity index (χ4v) is 4.21. The minimum absolute atomic E-state index is 0.0119. The SMILES string of the molecule is CC(=O)CN1C(=O)CC(c2ccccc2)Sc2cc(Cl)ccc21. The molecule has 5 heteroatoms. The quantitative estimate of drug-likeness (QED) is 0.822. The Kier molecular flexibility index (Phi) is 4.74. The van der Waals surface area contributed by atoms with Crippen molar-refractivity contribution < 1.29 is 9.59 Å². The maximum absolute atomic E-state index is 12.7. The number of ketones is 1. The molecule has 118 valence electrons. The second kappa shape index (κ2) is 6.77. The number of anilines is 1. The molecule has 0 aliphatic carbocycles. The van der Waals surface area contributed by atoms with Crippen LogP contribution in [0.4, 0.5) is 5.69 Å². The summed E-state index contributed by atoms with van der Waals surface area (Å²) in [6, 6.07) is 15.4. The molecule has 0 N–H and O–H groups in total. The van der Waals surface area contributed by atoms with Crippen molar-refractivity contribution in [3.8, 4) is 0 Å². The van der Waals surface area contributed by atoms with Crippen LogP contribution in [0, 0.1) is 0 Å². The van der Waals surface area contributed by atoms with Crippen LogP contribution in [0.25, 0.3) is 0 Å². The first kappa shape index (κ1) is 16.1. The molecule has 1 aliphatic rings. The average molecular weight is 346 g/mol. The van der Waals surface area contributed by atoms with Crippen LogP contribution in [-0.4, -0.2) is 18.2 Å². The summed E-state index contributed by atoms with van der Waals surface area (Å²) in [6.45, 7) is 1.59. The number of carbonyl (C=O) groups is 2. The Morgan fingerprint density at radius 2 is 2.00 bits per heavy atom. The first-order valence-electron chi connectivity index (χ1n) is 7.35. The highest BCUT2D eigenvalue weighted by atomic mass is 35.5. The minimum atomic E-state index is -0.0394. The number of hydrogen-bond donors (Lipinski definition) is 0. The van der Waals surface area contributed by atoms with E-state index >= 15 is 0 Å². The zero-order chi connectivity index (χ0) is 16.4. The van der Waals surface area contributed by atoms with Gasteiger partial charge in [-0.15, -0.1) is 11.8 Å². The first-order valence-corrected chi connectivity index (χ1v) is 8.61. The van der Waals surface area contributed by atoms with Crippen LogP contribution in [0.15, 0.2) is 53.4 Å². The summed E-state index contributed by atoms with van der Waals surface area (Å²) >= 11 is 7.75. The van der Waals surface area contributed by atoms with E-state index in [-0.39, 0.29) is 23.5 Å². The molecule has 0 fully saturated rings. The molecular formula is C18H16ClNO2S. The van der Waals surface area contributed by atoms with Gasteiger partial charge in [0.05, 0.1) is 12.2 Å². The summed E-state index contributed by atoms with van der Waals surface area (Å²) in [5.74, 6) is -0.0787. The van der Waals surface area contributed by atoms with E-state index in [0.717, 1.165) is 16.1 Å². The van der Waals surface area contributed by atoms with Crippen LogP contribution in [0.5, 0.6) is 0 Å². The number of amides is 1. The predicted molar refractivity (Wildman–Crippen MR) is 94.1 cm³/mol. The normalized spacial score (nSPS) is 17.6. The molecule has 0 aromatic heterocycles. The number of carbonyl (C=O) groups excluding carboxylic acids is 2. The molecular weight excluding hydrogens is 330 g/mol. The van der Waals surface area contributed by atoms with E-state index in [1.165, 1.54) is 6.92 Å². The Labute approximate surface area is 144 Å². The van der Waals surface area contributed by atoms with E-state index < -0.39 is 0 Å². The van der Waals surface area contributed by atoms with E-state index in [4.69, 9.17) is 11.6 Å². The summed E-state index contributed by atoms with van der Waals surface area (Å²) in [7, 11) is 0. The Hall–Kier alpha value is -1.78. The van der Waals surface area contributed by atoms with Crippen molar-refractivity contribution in [1.29, 1.82) is 0 Å². The number of rotatable bonds is 3. The maximum atomic E-state index is 12.7. The van der Waals surface area contributed by atoms with E-state index in [2.05, 4.69) is 0 Å². The molecule has 3 nitrogen and oxygen atoms in total. The topological polar surface area (TPSA) is 37.4 Å². The zero-order valence-corrected chi connectivity index (χ0v) is 14.2. The maximum Gasteiger partial charge on any atom is 0.228 e. The van der Waals surface area contributed by atoms with Crippen LogP contribution in [0.3, 0.4) is 0 Å². The Morgan fingerprint density at radius 3 is 2.70 bits per heavy atom. The number of fused-ring (bicyclic) bond motifs is 1. The van der Waals surface area contributed by atoms with Crippen LogP contribution >= 0.6 is 23.4 Å². The van der Waals surface area contributed by atoms with Gasteiger partial charge in [0.2, 0.25) is 5.91 Å². The fourth-order valence-electron chi connectivity index (χ4n) is 2.65. The number of hydrogen-bond acceptors (Lipinski definition) is 3. The molecule has 0 spiro atoms. The number of benzene rings is 2. The average Bonchev–Trinajstić information content (AvgIpc) is 2.65. The lowest BCUT2D eigenvalue weighted by atomic mass is 10.1. The highest BCUT2D eigenvalue weighted by Crippen LogP contribution is 2.46. The molecule has 1 unspecified atom stereocenters. The second-order valence-corrected chi connectivity index (χ2v) is 7.20. The molecule has 1 amide bonds. The van der Waals surface area contributed by atoms with Gasteiger partial charge in [0.25, 0.3) is 0 Å². The van der Waals surface area contributed by atoms with Gasteiger partial charge in [0.15, 0.2) is 0 Å². The number of nitrogens with zero attached hydrogens (tertiary/aromatic N) is 1. The van der Waals surface area contributed by atoms with Crippen LogP contribution in [0.1, 0.15) is 24.2 Å². The van der Waals surface area contributed by atoms with Crippen molar-refractivity contribution in [3.63, 3.8) is 0 Å². The molecule has 0 saturated heterocycles. The minimum Gasteiger partial charge on any atom is -0.304 e. The summed E-state index contributed by atoms with van der Waals surface area (Å²) in [6.07, 6.45) is 0.355. The highest BCUT2D eigenvalue weighted by Gasteiger charge is 2.29. The molecule has 0 bridgehead atoms. The van der Waals surface area contributed by atoms with Crippen LogP contribution in [-0.2, 0) is 9.59 Å². The van der Waals surface area contributed by atoms with Crippen molar-refractivity contribution in [1.82, 2.24) is 0 Å². The van der Waals surface area contributed by atoms with E-state index in [1.54, 1.807) is 22.7 Å². The first-order chi connectivity index (χ1) is 11.0. The standard InChI is InChI=1S/C18H16ClNO2S/c1-12(21)11-20-15-8-7-14(19)9-17(15)23-16(10-18(20)22)13-5-3-2-4-6-13/h2-9,16H,10-11H2,1H3. The van der Waals surface area contributed by atoms with Gasteiger partial charge in [0.1, 0.15) is 5.78 Å². The Balaban J connectivity index is 2.04. The third-order valence-electron chi connectivity index (χ3n) is 3.70. The van der Waals surface area contributed by atoms with E-state index in [9.17, 15) is 9.59 Å². The molecule has 2 aromatic carbocycles. The lowest BCUT2D eigenvalue weighted by molar-refractivity contribution is -0.121. The Bertz CT molecular complexity index is 748. The van der Waals surface area contributed by atoms with E-state index in [1.807, 2.05) is 42.5 Å². The summed E-state index contributed by atoms with van der Waals surface area (Å²) in [4.78, 5) is 26.8. The summed E-state index contributed by atoms with van der Waals surface area (Å²) in [5.41, 5.74) is 1.86. The monoisotopic (exact) mass is 345 g/mol. The van der Waals surface area contributed by atoms with Gasteiger partial charge in [-0.25, -0.2) is 0 Å². The molecule has 1 atom stereocenters. The molecule has 0 radical (unpaired) electrons. The predicted octanol–water partition coefficient (Wildman–Crippen LogP) is 4.50. The van der Waals surface area contributed by atoms with Gasteiger partial charge >= 0.3 is 0 Å². The van der Waals surface area contributed by atoms with Gasteiger partial charge < -0.3 is 4.90 Å². The molecule has 2 aromatic rings. The zero-order valence-electron chi connectivity index (χ0n) is 12.7.